The molecule has 1 N–H and O–H groups in total. The summed E-state index contributed by atoms with van der Waals surface area (Å²) < 4.78 is 6.93. The van der Waals surface area contributed by atoms with E-state index in [0.29, 0.717) is 28.4 Å². The van der Waals surface area contributed by atoms with Gasteiger partial charge in [-0.25, -0.2) is 4.98 Å². The van der Waals surface area contributed by atoms with Crippen molar-refractivity contribution >= 4 is 39.3 Å². The van der Waals surface area contributed by atoms with Gasteiger partial charge in [-0.05, 0) is 48.9 Å². The maximum atomic E-state index is 13.0. The Morgan fingerprint density at radius 2 is 1.97 bits per heavy atom. The molecule has 0 saturated carbocycles. The largest absolute Gasteiger partial charge is 0.467 e. The van der Waals surface area contributed by atoms with Crippen molar-refractivity contribution < 1.29 is 9.21 Å². The Hall–Kier alpha value is -3.06. The number of carbonyl (C=O) groups excluding carboxylic acids is 1. The second-order valence-corrected chi connectivity index (χ2v) is 7.70. The minimum absolute atomic E-state index is 0.0879. The van der Waals surface area contributed by atoms with Crippen LogP contribution in [-0.2, 0) is 11.3 Å². The van der Waals surface area contributed by atoms with Gasteiger partial charge in [-0.15, -0.1) is 0 Å². The molecular weight excluding hydrogens is 386 g/mol. The second kappa shape index (κ2) is 8.13. The first-order valence-corrected chi connectivity index (χ1v) is 10.4. The van der Waals surface area contributed by atoms with Crippen LogP contribution in [0.1, 0.15) is 25.6 Å². The quantitative estimate of drug-likeness (QED) is 0.295. The maximum absolute atomic E-state index is 13.0. The molecule has 0 aliphatic heterocycles. The molecule has 4 aromatic rings. The van der Waals surface area contributed by atoms with E-state index in [1.54, 1.807) is 16.9 Å². The van der Waals surface area contributed by atoms with Gasteiger partial charge in [0.1, 0.15) is 5.76 Å². The van der Waals surface area contributed by atoms with Crippen LogP contribution in [0, 0.1) is 0 Å². The van der Waals surface area contributed by atoms with E-state index in [0.717, 1.165) is 10.8 Å². The van der Waals surface area contributed by atoms with Crippen LogP contribution in [0.3, 0.4) is 0 Å². The number of nitrogens with zero attached hydrogens (tertiary/aromatic N) is 2. The Kier molecular flexibility index (Phi) is 5.40. The van der Waals surface area contributed by atoms with Crippen LogP contribution >= 0.6 is 11.8 Å². The number of amides is 1. The molecule has 2 aromatic carbocycles. The van der Waals surface area contributed by atoms with Gasteiger partial charge in [0.05, 0.1) is 29.0 Å². The molecule has 29 heavy (non-hydrogen) atoms. The van der Waals surface area contributed by atoms with Crippen molar-refractivity contribution in [1.82, 2.24) is 14.9 Å². The zero-order valence-electron chi connectivity index (χ0n) is 16.2. The van der Waals surface area contributed by atoms with E-state index < -0.39 is 0 Å². The van der Waals surface area contributed by atoms with Crippen molar-refractivity contribution in [2.75, 3.05) is 5.75 Å². The molecule has 0 fully saturated rings. The van der Waals surface area contributed by atoms with Gasteiger partial charge >= 0.3 is 0 Å². The third-order valence-corrected chi connectivity index (χ3v) is 5.76. The third kappa shape index (κ3) is 3.91. The van der Waals surface area contributed by atoms with E-state index in [1.807, 2.05) is 56.3 Å². The fraction of sp³-hybridized carbons (Fsp3) is 0.227. The highest BCUT2D eigenvalue weighted by Crippen LogP contribution is 2.23. The summed E-state index contributed by atoms with van der Waals surface area (Å²) in [6, 6.07) is 15.1. The number of fused-ring (bicyclic) bond motifs is 2. The zero-order valence-corrected chi connectivity index (χ0v) is 17.0. The Labute approximate surface area is 171 Å². The molecule has 2 aromatic heterocycles. The summed E-state index contributed by atoms with van der Waals surface area (Å²) in [5.41, 5.74) is 0.556. The van der Waals surface area contributed by atoms with E-state index in [4.69, 9.17) is 4.42 Å². The average Bonchev–Trinajstić information content (AvgIpc) is 3.26. The molecule has 0 saturated heterocycles. The fourth-order valence-electron chi connectivity index (χ4n) is 3.30. The van der Waals surface area contributed by atoms with Gasteiger partial charge in [-0.2, -0.15) is 0 Å². The smallest absolute Gasteiger partial charge is 0.262 e. The molecule has 148 valence electrons. The average molecular weight is 407 g/mol. The molecule has 6 nitrogen and oxygen atoms in total. The molecule has 0 bridgehead atoms. The Morgan fingerprint density at radius 1 is 1.21 bits per heavy atom. The number of nitrogens with one attached hydrogen (secondary N) is 1. The predicted octanol–water partition coefficient (Wildman–Crippen LogP) is 4.13. The van der Waals surface area contributed by atoms with Gasteiger partial charge in [0.15, 0.2) is 5.16 Å². The van der Waals surface area contributed by atoms with Gasteiger partial charge in [0.2, 0.25) is 5.91 Å². The molecule has 0 unspecified atom stereocenters. The lowest BCUT2D eigenvalue weighted by Crippen LogP contribution is -2.29. The number of aromatic nitrogens is 2. The number of hydrogen-bond acceptors (Lipinski definition) is 5. The maximum Gasteiger partial charge on any atom is 0.262 e. The zero-order chi connectivity index (χ0) is 20.4. The van der Waals surface area contributed by atoms with E-state index in [-0.39, 0.29) is 23.3 Å². The first-order valence-electron chi connectivity index (χ1n) is 9.45. The van der Waals surface area contributed by atoms with E-state index in [2.05, 4.69) is 10.3 Å². The number of rotatable bonds is 6. The molecule has 1 atom stereocenters. The number of benzene rings is 2. The third-order valence-electron chi connectivity index (χ3n) is 4.78. The Bertz CT molecular complexity index is 1230. The minimum atomic E-state index is -0.220. The predicted molar refractivity (Wildman–Crippen MR) is 115 cm³/mol. The van der Waals surface area contributed by atoms with Crippen LogP contribution < -0.4 is 10.9 Å². The standard InChI is InChI=1S/C22H21N3O3S/c1-3-25-21(27)17-11-15-7-4-5-8-16(15)12-18(17)24-22(25)29-13-20(26)23-14(2)19-9-6-10-28-19/h4-12,14H,3,13H2,1-2H3,(H,23,26)/t14-/m1/s1. The van der Waals surface area contributed by atoms with Gasteiger partial charge in [0.25, 0.3) is 5.56 Å². The molecule has 0 spiro atoms. The van der Waals surface area contributed by atoms with Crippen LogP contribution in [0.5, 0.6) is 0 Å². The molecule has 0 radical (unpaired) electrons. The van der Waals surface area contributed by atoms with Crippen LogP contribution in [0.2, 0.25) is 0 Å². The van der Waals surface area contributed by atoms with Crippen molar-refractivity contribution in [2.24, 2.45) is 0 Å². The van der Waals surface area contributed by atoms with Crippen molar-refractivity contribution in [3.63, 3.8) is 0 Å². The van der Waals surface area contributed by atoms with Gasteiger partial charge in [-0.1, -0.05) is 36.0 Å². The topological polar surface area (TPSA) is 77.1 Å². The van der Waals surface area contributed by atoms with Crippen LogP contribution in [0.25, 0.3) is 21.7 Å². The molecular formula is C22H21N3O3S. The number of hydrogen-bond donors (Lipinski definition) is 1. The number of thioether (sulfide) groups is 1. The normalized spacial score (nSPS) is 12.3. The molecule has 0 aliphatic rings. The summed E-state index contributed by atoms with van der Waals surface area (Å²) in [6.07, 6.45) is 1.58. The fourth-order valence-corrected chi connectivity index (χ4v) is 4.17. The van der Waals surface area contributed by atoms with Gasteiger partial charge in [-0.3, -0.25) is 14.2 Å². The van der Waals surface area contributed by atoms with Gasteiger partial charge in [0, 0.05) is 6.54 Å². The summed E-state index contributed by atoms with van der Waals surface area (Å²) >= 11 is 1.26. The van der Waals surface area contributed by atoms with Crippen LogP contribution in [0.4, 0.5) is 0 Å². The summed E-state index contributed by atoms with van der Waals surface area (Å²) in [5.74, 6) is 0.718. The second-order valence-electron chi connectivity index (χ2n) is 6.75. The first kappa shape index (κ1) is 19.3. The highest BCUT2D eigenvalue weighted by molar-refractivity contribution is 7.99. The highest BCUT2D eigenvalue weighted by atomic mass is 32.2. The Morgan fingerprint density at radius 3 is 2.66 bits per heavy atom. The van der Waals surface area contributed by atoms with Crippen molar-refractivity contribution in [1.29, 1.82) is 0 Å². The van der Waals surface area contributed by atoms with Gasteiger partial charge < -0.3 is 9.73 Å². The van der Waals surface area contributed by atoms with Crippen LogP contribution in [-0.4, -0.2) is 21.2 Å². The monoisotopic (exact) mass is 407 g/mol. The first-order chi connectivity index (χ1) is 14.1. The lowest BCUT2D eigenvalue weighted by atomic mass is 10.1. The summed E-state index contributed by atoms with van der Waals surface area (Å²) in [5, 5.41) is 6.07. The van der Waals surface area contributed by atoms with Crippen molar-refractivity contribution in [3.05, 3.63) is 70.9 Å². The van der Waals surface area contributed by atoms with Crippen LogP contribution in [0.15, 0.2) is 69.2 Å². The highest BCUT2D eigenvalue weighted by Gasteiger charge is 2.15. The lowest BCUT2D eigenvalue weighted by Gasteiger charge is -2.13. The van der Waals surface area contributed by atoms with E-state index in [9.17, 15) is 9.59 Å². The summed E-state index contributed by atoms with van der Waals surface area (Å²) in [6.45, 7) is 4.25. The summed E-state index contributed by atoms with van der Waals surface area (Å²) in [4.78, 5) is 30.0. The lowest BCUT2D eigenvalue weighted by molar-refractivity contribution is -0.119. The molecule has 0 aliphatic carbocycles. The van der Waals surface area contributed by atoms with E-state index >= 15 is 0 Å². The molecule has 4 rings (SSSR count). The number of carbonyl (C=O) groups is 1. The Balaban J connectivity index is 1.60. The molecule has 1 amide bonds. The molecule has 2 heterocycles. The van der Waals surface area contributed by atoms with Crippen molar-refractivity contribution in [3.8, 4) is 0 Å². The SMILES string of the molecule is CCn1c(SCC(=O)N[C@H](C)c2ccco2)nc2cc3ccccc3cc2c1=O. The van der Waals surface area contributed by atoms with E-state index in [1.165, 1.54) is 11.8 Å². The minimum Gasteiger partial charge on any atom is -0.467 e. The molecule has 7 heteroatoms. The number of furan rings is 1. The van der Waals surface area contributed by atoms with Crippen molar-refractivity contribution in [2.45, 2.75) is 31.6 Å². The summed E-state index contributed by atoms with van der Waals surface area (Å²) in [7, 11) is 0.